The quantitative estimate of drug-likeness (QED) is 0.775. The van der Waals surface area contributed by atoms with Gasteiger partial charge in [-0.25, -0.2) is 0 Å². The van der Waals surface area contributed by atoms with Crippen LogP contribution in [0.5, 0.6) is 5.75 Å². The van der Waals surface area contributed by atoms with Crippen LogP contribution in [-0.4, -0.2) is 36.7 Å². The Morgan fingerprint density at radius 1 is 1.24 bits per heavy atom. The minimum absolute atomic E-state index is 0.0332. The molecule has 0 saturated carbocycles. The lowest BCUT2D eigenvalue weighted by Gasteiger charge is -2.47. The number of carbonyl (C=O) groups excluding carboxylic acids is 1. The number of hydrogen-bond acceptors (Lipinski definition) is 4. The van der Waals surface area contributed by atoms with Crippen LogP contribution in [0.3, 0.4) is 0 Å². The zero-order valence-corrected chi connectivity index (χ0v) is 17.5. The minimum Gasteiger partial charge on any atom is -0.493 e. The summed E-state index contributed by atoms with van der Waals surface area (Å²) in [5, 5.41) is 3.63. The molecule has 2 aliphatic heterocycles. The van der Waals surface area contributed by atoms with Crippen molar-refractivity contribution >= 4 is 11.6 Å². The fraction of sp³-hybridized carbons (Fsp3) is 0.458. The van der Waals surface area contributed by atoms with Gasteiger partial charge in [0.15, 0.2) is 0 Å². The standard InChI is InChI=1S/C24H30N2O3/c1-17(2)16-29-19-9-6-8-18(14-19)24(3)25-22-12-5-4-11-21(22)23(27)26(24)15-20-10-7-13-28-20/h4-6,8-9,11-12,14,17,20,25H,7,10,13,15-16H2,1-3H3. The Morgan fingerprint density at radius 2 is 2.07 bits per heavy atom. The normalized spacial score (nSPS) is 23.8. The van der Waals surface area contributed by atoms with Crippen molar-refractivity contribution in [2.45, 2.75) is 45.4 Å². The molecule has 154 valence electrons. The van der Waals surface area contributed by atoms with E-state index in [2.05, 4.69) is 32.2 Å². The zero-order chi connectivity index (χ0) is 20.4. The van der Waals surface area contributed by atoms with Crippen molar-refractivity contribution in [2.24, 2.45) is 5.92 Å². The number of rotatable bonds is 6. The van der Waals surface area contributed by atoms with Crippen molar-refractivity contribution in [3.63, 3.8) is 0 Å². The van der Waals surface area contributed by atoms with Crippen molar-refractivity contribution in [3.8, 4) is 5.75 Å². The second kappa shape index (κ2) is 8.07. The minimum atomic E-state index is -0.686. The highest BCUT2D eigenvalue weighted by atomic mass is 16.5. The molecule has 1 amide bonds. The third-order valence-corrected chi connectivity index (χ3v) is 5.71. The average molecular weight is 395 g/mol. The Balaban J connectivity index is 1.71. The number of benzene rings is 2. The molecule has 29 heavy (non-hydrogen) atoms. The Hall–Kier alpha value is -2.53. The molecule has 2 unspecified atom stereocenters. The third kappa shape index (κ3) is 3.97. The van der Waals surface area contributed by atoms with Gasteiger partial charge in [-0.2, -0.15) is 0 Å². The summed E-state index contributed by atoms with van der Waals surface area (Å²) >= 11 is 0. The Bertz CT molecular complexity index is 876. The summed E-state index contributed by atoms with van der Waals surface area (Å²) in [6, 6.07) is 15.8. The van der Waals surface area contributed by atoms with Crippen LogP contribution in [0.1, 0.15) is 49.5 Å². The maximum absolute atomic E-state index is 13.5. The molecule has 5 heteroatoms. The number of ether oxygens (including phenoxy) is 2. The summed E-state index contributed by atoms with van der Waals surface area (Å²) in [4.78, 5) is 15.4. The van der Waals surface area contributed by atoms with Crippen LogP contribution >= 0.6 is 0 Å². The van der Waals surface area contributed by atoms with Gasteiger partial charge in [0.25, 0.3) is 5.91 Å². The van der Waals surface area contributed by atoms with E-state index in [1.165, 1.54) is 0 Å². The van der Waals surface area contributed by atoms with Crippen LogP contribution in [0, 0.1) is 5.92 Å². The van der Waals surface area contributed by atoms with Crippen molar-refractivity contribution in [1.82, 2.24) is 4.90 Å². The second-order valence-electron chi connectivity index (χ2n) is 8.53. The van der Waals surface area contributed by atoms with Gasteiger partial charge in [-0.15, -0.1) is 0 Å². The molecule has 1 saturated heterocycles. The zero-order valence-electron chi connectivity index (χ0n) is 17.5. The summed E-state index contributed by atoms with van der Waals surface area (Å²) in [6.07, 6.45) is 2.11. The first-order valence-electron chi connectivity index (χ1n) is 10.5. The second-order valence-corrected chi connectivity index (χ2v) is 8.53. The SMILES string of the molecule is CC(C)COc1cccc(C2(C)Nc3ccccc3C(=O)N2CC2CCCO2)c1. The molecule has 2 heterocycles. The summed E-state index contributed by atoms with van der Waals surface area (Å²) in [7, 11) is 0. The first-order chi connectivity index (χ1) is 14.0. The number of para-hydroxylation sites is 1. The lowest BCUT2D eigenvalue weighted by molar-refractivity contribution is 0.0242. The molecule has 4 rings (SSSR count). The first-order valence-corrected chi connectivity index (χ1v) is 10.5. The maximum Gasteiger partial charge on any atom is 0.258 e. The van der Waals surface area contributed by atoms with Crippen LogP contribution in [0.25, 0.3) is 0 Å². The highest BCUT2D eigenvalue weighted by Gasteiger charge is 2.43. The van der Waals surface area contributed by atoms with E-state index in [9.17, 15) is 4.79 Å². The number of carbonyl (C=O) groups is 1. The Labute approximate surface area is 173 Å². The van der Waals surface area contributed by atoms with E-state index in [1.807, 2.05) is 47.4 Å². The van der Waals surface area contributed by atoms with E-state index >= 15 is 0 Å². The number of amides is 1. The van der Waals surface area contributed by atoms with Gasteiger partial charge in [-0.3, -0.25) is 4.79 Å². The van der Waals surface area contributed by atoms with Gasteiger partial charge in [-0.05, 0) is 49.9 Å². The van der Waals surface area contributed by atoms with E-state index in [4.69, 9.17) is 9.47 Å². The topological polar surface area (TPSA) is 50.8 Å². The maximum atomic E-state index is 13.5. The lowest BCUT2D eigenvalue weighted by Crippen LogP contribution is -2.57. The summed E-state index contributed by atoms with van der Waals surface area (Å²) in [5.41, 5.74) is 1.88. The molecule has 0 bridgehead atoms. The average Bonchev–Trinajstić information content (AvgIpc) is 3.23. The van der Waals surface area contributed by atoms with Crippen molar-refractivity contribution in [2.75, 3.05) is 25.1 Å². The van der Waals surface area contributed by atoms with Gasteiger partial charge in [-0.1, -0.05) is 38.1 Å². The largest absolute Gasteiger partial charge is 0.493 e. The van der Waals surface area contributed by atoms with E-state index in [0.29, 0.717) is 24.6 Å². The van der Waals surface area contributed by atoms with Crippen LogP contribution in [0.15, 0.2) is 48.5 Å². The molecule has 1 fully saturated rings. The van der Waals surface area contributed by atoms with Crippen molar-refractivity contribution in [1.29, 1.82) is 0 Å². The fourth-order valence-electron chi connectivity index (χ4n) is 4.09. The van der Waals surface area contributed by atoms with Crippen molar-refractivity contribution < 1.29 is 14.3 Å². The Kier molecular flexibility index (Phi) is 5.50. The number of anilines is 1. The van der Waals surface area contributed by atoms with Gasteiger partial charge >= 0.3 is 0 Å². The number of nitrogens with zero attached hydrogens (tertiary/aromatic N) is 1. The van der Waals surface area contributed by atoms with Gasteiger partial charge < -0.3 is 19.7 Å². The summed E-state index contributed by atoms with van der Waals surface area (Å²) in [6.45, 7) is 8.33. The van der Waals surface area contributed by atoms with E-state index in [0.717, 1.165) is 36.4 Å². The lowest BCUT2D eigenvalue weighted by atomic mass is 9.92. The van der Waals surface area contributed by atoms with Gasteiger partial charge in [0, 0.05) is 24.4 Å². The predicted molar refractivity (Wildman–Crippen MR) is 114 cm³/mol. The first kappa shape index (κ1) is 19.8. The number of fused-ring (bicyclic) bond motifs is 1. The van der Waals surface area contributed by atoms with E-state index < -0.39 is 5.66 Å². The molecule has 0 aliphatic carbocycles. The molecule has 2 atom stereocenters. The van der Waals surface area contributed by atoms with Gasteiger partial charge in [0.2, 0.25) is 0 Å². The summed E-state index contributed by atoms with van der Waals surface area (Å²) < 4.78 is 11.8. The molecular formula is C24H30N2O3. The molecular weight excluding hydrogens is 364 g/mol. The number of hydrogen-bond donors (Lipinski definition) is 1. The molecule has 2 aliphatic rings. The molecule has 0 spiro atoms. The molecule has 1 N–H and O–H groups in total. The van der Waals surface area contributed by atoms with Gasteiger partial charge in [0.1, 0.15) is 11.4 Å². The molecule has 0 radical (unpaired) electrons. The Morgan fingerprint density at radius 3 is 2.83 bits per heavy atom. The van der Waals surface area contributed by atoms with Crippen LogP contribution in [-0.2, 0) is 10.4 Å². The van der Waals surface area contributed by atoms with Crippen LogP contribution in [0.2, 0.25) is 0 Å². The van der Waals surface area contributed by atoms with Gasteiger partial charge in [0.05, 0.1) is 18.3 Å². The fourth-order valence-corrected chi connectivity index (χ4v) is 4.09. The van der Waals surface area contributed by atoms with Crippen LogP contribution in [0.4, 0.5) is 5.69 Å². The predicted octanol–water partition coefficient (Wildman–Crippen LogP) is 4.64. The molecule has 2 aromatic rings. The highest BCUT2D eigenvalue weighted by Crippen LogP contribution is 2.39. The molecule has 2 aromatic carbocycles. The highest BCUT2D eigenvalue weighted by molar-refractivity contribution is 6.02. The number of nitrogens with one attached hydrogen (secondary N) is 1. The van der Waals surface area contributed by atoms with Crippen LogP contribution < -0.4 is 10.1 Å². The van der Waals surface area contributed by atoms with Crippen molar-refractivity contribution in [3.05, 3.63) is 59.7 Å². The molecule has 5 nitrogen and oxygen atoms in total. The van der Waals surface area contributed by atoms with E-state index in [-0.39, 0.29) is 12.0 Å². The summed E-state index contributed by atoms with van der Waals surface area (Å²) in [5.74, 6) is 1.31. The smallest absolute Gasteiger partial charge is 0.258 e. The monoisotopic (exact) mass is 394 g/mol. The molecule has 0 aromatic heterocycles. The third-order valence-electron chi connectivity index (χ3n) is 5.71. The van der Waals surface area contributed by atoms with E-state index in [1.54, 1.807) is 0 Å².